The first-order valence-corrected chi connectivity index (χ1v) is 10.5. The van der Waals surface area contributed by atoms with Gasteiger partial charge in [-0.3, -0.25) is 4.79 Å². The molecule has 0 aliphatic heterocycles. The van der Waals surface area contributed by atoms with E-state index >= 15 is 0 Å². The number of carboxylic acids is 1. The first-order valence-electron chi connectivity index (χ1n) is 9.77. The van der Waals surface area contributed by atoms with Crippen molar-refractivity contribution in [1.29, 1.82) is 0 Å². The highest BCUT2D eigenvalue weighted by atomic mass is 35.5. The Hall–Kier alpha value is -2.77. The second kappa shape index (κ2) is 8.77. The molecule has 3 aromatic rings. The van der Waals surface area contributed by atoms with Crippen LogP contribution in [0.3, 0.4) is 0 Å². The Morgan fingerprint density at radius 3 is 2.45 bits per heavy atom. The molecule has 0 radical (unpaired) electrons. The van der Waals surface area contributed by atoms with Crippen molar-refractivity contribution in [3.63, 3.8) is 0 Å². The Bertz CT molecular complexity index is 1130. The van der Waals surface area contributed by atoms with Gasteiger partial charge in [-0.05, 0) is 37.0 Å². The first kappa shape index (κ1) is 21.5. The summed E-state index contributed by atoms with van der Waals surface area (Å²) in [5.74, 6) is 0.350. The number of carbonyl (C=O) groups is 1. The highest BCUT2D eigenvalue weighted by molar-refractivity contribution is 6.41. The minimum atomic E-state index is -0.747. The Kier molecular flexibility index (Phi) is 6.07. The number of fused-ring (bicyclic) bond motifs is 1. The van der Waals surface area contributed by atoms with Gasteiger partial charge in [0.1, 0.15) is 11.5 Å². The largest absolute Gasteiger partial charge is 0.495 e. The molecule has 4 rings (SSSR count). The molecule has 0 spiro atoms. The van der Waals surface area contributed by atoms with Gasteiger partial charge in [-0.1, -0.05) is 29.3 Å². The van der Waals surface area contributed by atoms with Crippen molar-refractivity contribution in [1.82, 2.24) is 9.97 Å². The number of hydrogen-bond donors (Lipinski definition) is 2. The van der Waals surface area contributed by atoms with Gasteiger partial charge in [0.15, 0.2) is 0 Å². The lowest BCUT2D eigenvalue weighted by atomic mass is 10.0. The maximum atomic E-state index is 11.2. The van der Waals surface area contributed by atoms with E-state index < -0.39 is 5.97 Å². The van der Waals surface area contributed by atoms with Crippen molar-refractivity contribution in [2.24, 2.45) is 5.92 Å². The van der Waals surface area contributed by atoms with Crippen LogP contribution in [-0.2, 0) is 4.79 Å². The van der Waals surface area contributed by atoms with Crippen molar-refractivity contribution in [3.05, 3.63) is 40.5 Å². The predicted octanol–water partition coefficient (Wildman–Crippen LogP) is 5.29. The van der Waals surface area contributed by atoms with Crippen molar-refractivity contribution >= 4 is 46.0 Å². The third-order valence-corrected chi connectivity index (χ3v) is 6.31. The van der Waals surface area contributed by atoms with Crippen LogP contribution in [0.15, 0.2) is 30.5 Å². The fraction of sp³-hybridized carbons (Fsp3) is 0.318. The summed E-state index contributed by atoms with van der Waals surface area (Å²) in [6.07, 6.45) is 3.74. The molecule has 1 aliphatic carbocycles. The topological polar surface area (TPSA) is 93.6 Å². The Labute approximate surface area is 189 Å². The number of aliphatic carboxylic acids is 1. The summed E-state index contributed by atoms with van der Waals surface area (Å²) in [5.41, 5.74) is 2.13. The average molecular weight is 462 g/mol. The molecule has 2 atom stereocenters. The van der Waals surface area contributed by atoms with Crippen LogP contribution in [0, 0.1) is 5.92 Å². The van der Waals surface area contributed by atoms with Crippen LogP contribution in [0.4, 0.5) is 5.95 Å². The second-order valence-corrected chi connectivity index (χ2v) is 8.20. The molecular formula is C22H21Cl2N3O4. The van der Waals surface area contributed by atoms with Gasteiger partial charge in [-0.2, -0.15) is 0 Å². The molecular weight excluding hydrogens is 441 g/mol. The van der Waals surface area contributed by atoms with E-state index in [0.29, 0.717) is 45.9 Å². The molecule has 1 saturated carbocycles. The number of methoxy groups -OCH3 is 2. The van der Waals surface area contributed by atoms with Gasteiger partial charge in [0.2, 0.25) is 5.95 Å². The minimum Gasteiger partial charge on any atom is -0.495 e. The van der Waals surface area contributed by atoms with Gasteiger partial charge in [-0.25, -0.2) is 9.97 Å². The molecule has 2 aromatic carbocycles. The highest BCUT2D eigenvalue weighted by Gasteiger charge is 2.30. The molecule has 1 fully saturated rings. The zero-order chi connectivity index (χ0) is 22.1. The maximum Gasteiger partial charge on any atom is 0.306 e. The van der Waals surface area contributed by atoms with Gasteiger partial charge in [0.05, 0.1) is 35.7 Å². The molecule has 1 aromatic heterocycles. The van der Waals surface area contributed by atoms with Gasteiger partial charge < -0.3 is 19.9 Å². The number of aromatic nitrogens is 2. The van der Waals surface area contributed by atoms with Crippen molar-refractivity contribution < 1.29 is 19.4 Å². The van der Waals surface area contributed by atoms with Gasteiger partial charge >= 0.3 is 5.97 Å². The highest BCUT2D eigenvalue weighted by Crippen LogP contribution is 2.46. The lowest BCUT2D eigenvalue weighted by Crippen LogP contribution is -2.19. The molecule has 0 bridgehead atoms. The summed E-state index contributed by atoms with van der Waals surface area (Å²) in [6, 6.07) is 7.35. The molecule has 2 unspecified atom stereocenters. The van der Waals surface area contributed by atoms with Crippen LogP contribution in [-0.4, -0.2) is 41.3 Å². The molecule has 1 aliphatic rings. The minimum absolute atomic E-state index is 0.0553. The Morgan fingerprint density at radius 2 is 1.84 bits per heavy atom. The molecule has 162 valence electrons. The molecule has 2 N–H and O–H groups in total. The molecule has 31 heavy (non-hydrogen) atoms. The van der Waals surface area contributed by atoms with Crippen molar-refractivity contribution in [3.8, 4) is 22.6 Å². The lowest BCUT2D eigenvalue weighted by Gasteiger charge is -2.15. The van der Waals surface area contributed by atoms with Crippen molar-refractivity contribution in [2.45, 2.75) is 25.3 Å². The fourth-order valence-electron chi connectivity index (χ4n) is 3.92. The monoisotopic (exact) mass is 461 g/mol. The second-order valence-electron chi connectivity index (χ2n) is 7.44. The van der Waals surface area contributed by atoms with E-state index in [2.05, 4.69) is 15.3 Å². The summed E-state index contributed by atoms with van der Waals surface area (Å²) in [4.78, 5) is 20.1. The van der Waals surface area contributed by atoms with E-state index in [9.17, 15) is 4.79 Å². The van der Waals surface area contributed by atoms with E-state index in [1.54, 1.807) is 12.3 Å². The third-order valence-electron chi connectivity index (χ3n) is 5.56. The summed E-state index contributed by atoms with van der Waals surface area (Å²) < 4.78 is 10.7. The first-order chi connectivity index (χ1) is 14.9. The quantitative estimate of drug-likeness (QED) is 0.515. The Balaban J connectivity index is 1.65. The summed E-state index contributed by atoms with van der Waals surface area (Å²) in [6.45, 7) is 0. The summed E-state index contributed by atoms with van der Waals surface area (Å²) >= 11 is 13.1. The van der Waals surface area contributed by atoms with Crippen molar-refractivity contribution in [2.75, 3.05) is 19.5 Å². The van der Waals surface area contributed by atoms with E-state index in [4.69, 9.17) is 37.8 Å². The van der Waals surface area contributed by atoms with Gasteiger partial charge in [0, 0.05) is 29.3 Å². The number of benzene rings is 2. The van der Waals surface area contributed by atoms with E-state index in [-0.39, 0.29) is 12.0 Å². The van der Waals surface area contributed by atoms with Crippen LogP contribution in [0.2, 0.25) is 10.0 Å². The van der Waals surface area contributed by atoms with Crippen LogP contribution in [0.25, 0.3) is 22.0 Å². The van der Waals surface area contributed by atoms with Crippen LogP contribution < -0.4 is 14.8 Å². The molecule has 0 saturated heterocycles. The predicted molar refractivity (Wildman–Crippen MR) is 120 cm³/mol. The van der Waals surface area contributed by atoms with Gasteiger partial charge in [0.25, 0.3) is 0 Å². The number of nitrogens with one attached hydrogen (secondary N) is 1. The fourth-order valence-corrected chi connectivity index (χ4v) is 4.64. The zero-order valence-corrected chi connectivity index (χ0v) is 18.5. The number of anilines is 1. The molecule has 7 nitrogen and oxygen atoms in total. The number of carboxylic acid groups (broad SMARTS) is 1. The lowest BCUT2D eigenvalue weighted by molar-refractivity contribution is -0.141. The van der Waals surface area contributed by atoms with E-state index in [0.717, 1.165) is 22.9 Å². The van der Waals surface area contributed by atoms with Crippen LogP contribution >= 0.6 is 23.2 Å². The SMILES string of the molecule is COc1cc(OC)c(Cl)c(-c2ccc3nc(NC4CCC(C(=O)O)C4)ncc3c2)c1Cl. The normalized spacial score (nSPS) is 18.2. The molecule has 0 amide bonds. The number of rotatable bonds is 6. The molecule has 1 heterocycles. The van der Waals surface area contributed by atoms with E-state index in [1.165, 1.54) is 14.2 Å². The van der Waals surface area contributed by atoms with E-state index in [1.807, 2.05) is 18.2 Å². The van der Waals surface area contributed by atoms with Crippen LogP contribution in [0.5, 0.6) is 11.5 Å². The summed E-state index contributed by atoms with van der Waals surface area (Å²) in [5, 5.41) is 14.0. The van der Waals surface area contributed by atoms with Gasteiger partial charge in [-0.15, -0.1) is 0 Å². The standard InChI is InChI=1S/C22H21Cl2N3O4/c1-30-16-9-17(31-2)20(24)18(19(16)23)11-4-6-15-13(7-11)10-25-22(27-15)26-14-5-3-12(8-14)21(28)29/h4,6-7,9-10,12,14H,3,5,8H2,1-2H3,(H,28,29)(H,25,26,27). The molecule has 9 heteroatoms. The maximum absolute atomic E-state index is 11.2. The number of nitrogens with zero attached hydrogens (tertiary/aromatic N) is 2. The summed E-state index contributed by atoms with van der Waals surface area (Å²) in [7, 11) is 3.06. The Morgan fingerprint density at radius 1 is 1.13 bits per heavy atom. The number of ether oxygens (including phenoxy) is 2. The average Bonchev–Trinajstić information content (AvgIpc) is 3.23. The zero-order valence-electron chi connectivity index (χ0n) is 17.0. The number of hydrogen-bond acceptors (Lipinski definition) is 6. The smallest absolute Gasteiger partial charge is 0.306 e. The van der Waals surface area contributed by atoms with Crippen LogP contribution in [0.1, 0.15) is 19.3 Å². The number of halogens is 2. The third kappa shape index (κ3) is 4.20.